The zero-order valence-corrected chi connectivity index (χ0v) is 22.3. The number of rotatable bonds is 6. The number of aromatic nitrogens is 2. The summed E-state index contributed by atoms with van der Waals surface area (Å²) in [6, 6.07) is 12.7. The maximum absolute atomic E-state index is 13.9. The molecule has 0 spiro atoms. The molecule has 0 bridgehead atoms. The van der Waals surface area contributed by atoms with E-state index in [-0.39, 0.29) is 17.7 Å². The van der Waals surface area contributed by atoms with Crippen LogP contribution in [-0.4, -0.2) is 52.1 Å². The Bertz CT molecular complexity index is 1290. The normalized spacial score (nSPS) is 20.4. The molecule has 1 fully saturated rings. The first kappa shape index (κ1) is 26.1. The molecule has 1 saturated carbocycles. The van der Waals surface area contributed by atoms with Gasteiger partial charge in [0.1, 0.15) is 17.9 Å². The van der Waals surface area contributed by atoms with Gasteiger partial charge in [-0.2, -0.15) is 0 Å². The third kappa shape index (κ3) is 5.50. The van der Waals surface area contributed by atoms with Gasteiger partial charge in [0.05, 0.1) is 0 Å². The van der Waals surface area contributed by atoms with Crippen molar-refractivity contribution in [2.24, 2.45) is 5.92 Å². The molecule has 2 aromatic heterocycles. The van der Waals surface area contributed by atoms with E-state index in [2.05, 4.69) is 34.5 Å². The van der Waals surface area contributed by atoms with E-state index in [4.69, 9.17) is 0 Å². The molecule has 2 aliphatic rings. The smallest absolute Gasteiger partial charge is 0.268 e. The minimum atomic E-state index is -0.841. The molecular formula is C30H36FN5O2. The Kier molecular flexibility index (Phi) is 7.61. The predicted octanol–water partition coefficient (Wildman–Crippen LogP) is 4.88. The SMILES string of the molecule is Cc1ccnc(C)c1-c1ccc(NC(=O)C(NC(=O)c2ccc3n2CCN(C)C3)C2CCC(F)CC2)cc1. The van der Waals surface area contributed by atoms with Crippen molar-refractivity contribution in [3.05, 3.63) is 71.3 Å². The summed E-state index contributed by atoms with van der Waals surface area (Å²) >= 11 is 0. The van der Waals surface area contributed by atoms with Gasteiger partial charge in [0.15, 0.2) is 0 Å². The quantitative estimate of drug-likeness (QED) is 0.489. The molecule has 38 heavy (non-hydrogen) atoms. The number of carbonyl (C=O) groups is 2. The number of benzene rings is 1. The van der Waals surface area contributed by atoms with Gasteiger partial charge in [0, 0.05) is 48.5 Å². The first-order chi connectivity index (χ1) is 18.3. The number of anilines is 1. The Balaban J connectivity index is 1.34. The second-order valence-electron chi connectivity index (χ2n) is 10.7. The molecule has 8 heteroatoms. The molecule has 1 unspecified atom stereocenters. The van der Waals surface area contributed by atoms with Crippen LogP contribution in [0, 0.1) is 19.8 Å². The Hall–Kier alpha value is -3.52. The fourth-order valence-electron chi connectivity index (χ4n) is 5.83. The molecule has 2 amide bonds. The monoisotopic (exact) mass is 517 g/mol. The van der Waals surface area contributed by atoms with Gasteiger partial charge in [0.2, 0.25) is 5.91 Å². The minimum Gasteiger partial charge on any atom is -0.339 e. The molecule has 7 nitrogen and oxygen atoms in total. The lowest BCUT2D eigenvalue weighted by molar-refractivity contribution is -0.119. The highest BCUT2D eigenvalue weighted by Crippen LogP contribution is 2.31. The summed E-state index contributed by atoms with van der Waals surface area (Å²) in [6.07, 6.45) is 2.91. The van der Waals surface area contributed by atoms with Crippen LogP contribution in [0.4, 0.5) is 10.1 Å². The number of fused-ring (bicyclic) bond motifs is 1. The molecule has 3 heterocycles. The fourth-order valence-corrected chi connectivity index (χ4v) is 5.83. The molecule has 1 atom stereocenters. The summed E-state index contributed by atoms with van der Waals surface area (Å²) in [5.74, 6) is -0.652. The van der Waals surface area contributed by atoms with Gasteiger partial charge >= 0.3 is 0 Å². The molecule has 3 aromatic rings. The summed E-state index contributed by atoms with van der Waals surface area (Å²) < 4.78 is 15.9. The number of pyridine rings is 1. The molecule has 5 rings (SSSR count). The Morgan fingerprint density at radius 1 is 1.00 bits per heavy atom. The van der Waals surface area contributed by atoms with Gasteiger partial charge in [-0.1, -0.05) is 12.1 Å². The number of nitrogens with one attached hydrogen (secondary N) is 2. The second-order valence-corrected chi connectivity index (χ2v) is 10.7. The van der Waals surface area contributed by atoms with Gasteiger partial charge < -0.3 is 15.2 Å². The average molecular weight is 518 g/mol. The van der Waals surface area contributed by atoms with Crippen molar-refractivity contribution in [2.45, 2.75) is 64.8 Å². The van der Waals surface area contributed by atoms with E-state index >= 15 is 0 Å². The van der Waals surface area contributed by atoms with Crippen molar-refractivity contribution >= 4 is 17.5 Å². The van der Waals surface area contributed by atoms with Crippen LogP contribution in [-0.2, 0) is 17.9 Å². The highest BCUT2D eigenvalue weighted by atomic mass is 19.1. The van der Waals surface area contributed by atoms with E-state index in [0.29, 0.717) is 37.1 Å². The lowest BCUT2D eigenvalue weighted by Crippen LogP contribution is -2.50. The van der Waals surface area contributed by atoms with E-state index < -0.39 is 12.2 Å². The predicted molar refractivity (Wildman–Crippen MR) is 147 cm³/mol. The highest BCUT2D eigenvalue weighted by molar-refractivity contribution is 6.01. The second kappa shape index (κ2) is 11.1. The molecule has 1 aliphatic carbocycles. The van der Waals surface area contributed by atoms with Crippen molar-refractivity contribution in [3.63, 3.8) is 0 Å². The van der Waals surface area contributed by atoms with Crippen LogP contribution in [0.25, 0.3) is 11.1 Å². The van der Waals surface area contributed by atoms with Crippen LogP contribution < -0.4 is 10.6 Å². The van der Waals surface area contributed by atoms with E-state index in [1.165, 1.54) is 0 Å². The van der Waals surface area contributed by atoms with Gasteiger partial charge in [-0.25, -0.2) is 4.39 Å². The summed E-state index contributed by atoms with van der Waals surface area (Å²) in [6.45, 7) is 6.41. The van der Waals surface area contributed by atoms with E-state index in [0.717, 1.165) is 47.7 Å². The van der Waals surface area contributed by atoms with Crippen molar-refractivity contribution in [1.29, 1.82) is 0 Å². The van der Waals surface area contributed by atoms with Crippen molar-refractivity contribution in [1.82, 2.24) is 19.8 Å². The fraction of sp³-hybridized carbons (Fsp3) is 0.433. The number of carbonyl (C=O) groups excluding carboxylic acids is 2. The van der Waals surface area contributed by atoms with E-state index in [1.54, 1.807) is 6.20 Å². The number of hydrogen-bond acceptors (Lipinski definition) is 4. The molecule has 1 aliphatic heterocycles. The van der Waals surface area contributed by atoms with Gasteiger partial charge in [-0.3, -0.25) is 19.5 Å². The first-order valence-electron chi connectivity index (χ1n) is 13.5. The Morgan fingerprint density at radius 2 is 1.74 bits per heavy atom. The van der Waals surface area contributed by atoms with Crippen LogP contribution in [0.5, 0.6) is 0 Å². The topological polar surface area (TPSA) is 79.3 Å². The largest absolute Gasteiger partial charge is 0.339 e. The first-order valence-corrected chi connectivity index (χ1v) is 13.5. The third-order valence-electron chi connectivity index (χ3n) is 7.97. The molecular weight excluding hydrogens is 481 g/mol. The highest BCUT2D eigenvalue weighted by Gasteiger charge is 2.34. The lowest BCUT2D eigenvalue weighted by atomic mass is 9.82. The Morgan fingerprint density at radius 3 is 2.45 bits per heavy atom. The molecule has 2 N–H and O–H groups in total. The average Bonchev–Trinajstić information content (AvgIpc) is 3.32. The molecule has 0 saturated heterocycles. The van der Waals surface area contributed by atoms with Crippen LogP contribution in [0.2, 0.25) is 0 Å². The van der Waals surface area contributed by atoms with Crippen molar-refractivity contribution in [2.75, 3.05) is 18.9 Å². The number of likely N-dealkylation sites (N-methyl/N-ethyl adjacent to an activating group) is 1. The van der Waals surface area contributed by atoms with Crippen LogP contribution in [0.1, 0.15) is 53.1 Å². The van der Waals surface area contributed by atoms with Crippen molar-refractivity contribution < 1.29 is 14.0 Å². The maximum Gasteiger partial charge on any atom is 0.268 e. The summed E-state index contributed by atoms with van der Waals surface area (Å²) in [5.41, 5.74) is 6.51. The number of halogens is 1. The molecule has 1 aromatic carbocycles. The molecule has 200 valence electrons. The van der Waals surface area contributed by atoms with E-state index in [1.807, 2.05) is 54.0 Å². The zero-order valence-electron chi connectivity index (χ0n) is 22.3. The maximum atomic E-state index is 13.9. The number of hydrogen-bond donors (Lipinski definition) is 2. The lowest BCUT2D eigenvalue weighted by Gasteiger charge is -2.32. The van der Waals surface area contributed by atoms with Crippen molar-refractivity contribution in [3.8, 4) is 11.1 Å². The molecule has 0 radical (unpaired) electrons. The standard InChI is InChI=1S/C30H36FN5O2/c1-19-14-15-32-20(2)27(19)21-6-10-24(11-7-21)33-30(38)28(22-4-8-23(31)9-5-22)34-29(37)26-13-12-25-18-35(3)16-17-36(25)26/h6-7,10-15,22-23,28H,4-5,8-9,16-18H2,1-3H3,(H,33,38)(H,34,37). The third-order valence-corrected chi connectivity index (χ3v) is 7.97. The minimum absolute atomic E-state index is 0.118. The number of aryl methyl sites for hydroxylation is 2. The van der Waals surface area contributed by atoms with Crippen LogP contribution >= 0.6 is 0 Å². The van der Waals surface area contributed by atoms with Gasteiger partial charge in [-0.05, 0) is 94.0 Å². The zero-order chi connectivity index (χ0) is 26.8. The van der Waals surface area contributed by atoms with Crippen LogP contribution in [0.15, 0.2) is 48.7 Å². The number of amides is 2. The van der Waals surface area contributed by atoms with E-state index in [9.17, 15) is 14.0 Å². The van der Waals surface area contributed by atoms with Gasteiger partial charge in [-0.15, -0.1) is 0 Å². The Labute approximate surface area is 223 Å². The summed E-state index contributed by atoms with van der Waals surface area (Å²) in [7, 11) is 2.06. The van der Waals surface area contributed by atoms with Crippen LogP contribution in [0.3, 0.4) is 0 Å². The number of nitrogens with zero attached hydrogens (tertiary/aromatic N) is 3. The number of alkyl halides is 1. The summed E-state index contributed by atoms with van der Waals surface area (Å²) in [5, 5.41) is 6.02. The summed E-state index contributed by atoms with van der Waals surface area (Å²) in [4.78, 5) is 33.6. The van der Waals surface area contributed by atoms with Gasteiger partial charge in [0.25, 0.3) is 5.91 Å².